The molecule has 2 aromatic rings. The van der Waals surface area contributed by atoms with Gasteiger partial charge in [-0.15, -0.1) is 0 Å². The van der Waals surface area contributed by atoms with Gasteiger partial charge in [-0.2, -0.15) is 4.39 Å². The molecule has 0 aromatic carbocycles. The summed E-state index contributed by atoms with van der Waals surface area (Å²) in [7, 11) is 0. The van der Waals surface area contributed by atoms with Crippen molar-refractivity contribution in [3.8, 4) is 0 Å². The van der Waals surface area contributed by atoms with E-state index < -0.39 is 17.6 Å². The van der Waals surface area contributed by atoms with Gasteiger partial charge in [0.1, 0.15) is 10.1 Å². The molecular formula is C10H4BrF3N2S. The molecule has 17 heavy (non-hydrogen) atoms. The fourth-order valence-corrected chi connectivity index (χ4v) is 2.28. The highest BCUT2D eigenvalue weighted by Gasteiger charge is 2.14. The van der Waals surface area contributed by atoms with Gasteiger partial charge in [0.25, 0.3) is 0 Å². The quantitative estimate of drug-likeness (QED) is 0.787. The number of aromatic nitrogens is 2. The number of hydrogen-bond donors (Lipinski definition) is 0. The average Bonchev–Trinajstić information content (AvgIpc) is 2.29. The zero-order chi connectivity index (χ0) is 12.4. The Balaban J connectivity index is 2.37. The normalized spacial score (nSPS) is 10.6. The Hall–Kier alpha value is -1.08. The molecule has 2 heterocycles. The van der Waals surface area contributed by atoms with Gasteiger partial charge in [0.05, 0.1) is 4.47 Å². The highest BCUT2D eigenvalue weighted by atomic mass is 79.9. The van der Waals surface area contributed by atoms with E-state index in [1.165, 1.54) is 6.20 Å². The molecule has 88 valence electrons. The van der Waals surface area contributed by atoms with E-state index in [9.17, 15) is 13.2 Å². The Morgan fingerprint density at radius 1 is 1.12 bits per heavy atom. The monoisotopic (exact) mass is 320 g/mol. The van der Waals surface area contributed by atoms with Crippen molar-refractivity contribution < 1.29 is 13.2 Å². The molecule has 7 heteroatoms. The van der Waals surface area contributed by atoms with Crippen LogP contribution in [0, 0.1) is 17.6 Å². The van der Waals surface area contributed by atoms with Crippen molar-refractivity contribution >= 4 is 27.7 Å². The van der Waals surface area contributed by atoms with Gasteiger partial charge >= 0.3 is 0 Å². The van der Waals surface area contributed by atoms with Crippen LogP contribution in [0.4, 0.5) is 13.2 Å². The lowest BCUT2D eigenvalue weighted by atomic mass is 10.4. The molecule has 0 N–H and O–H groups in total. The van der Waals surface area contributed by atoms with E-state index in [-0.39, 0.29) is 5.03 Å². The summed E-state index contributed by atoms with van der Waals surface area (Å²) in [6, 6.07) is 3.85. The van der Waals surface area contributed by atoms with Crippen molar-refractivity contribution in [2.24, 2.45) is 0 Å². The second kappa shape index (κ2) is 5.05. The summed E-state index contributed by atoms with van der Waals surface area (Å²) in [5.74, 6) is -3.57. The first-order valence-electron chi connectivity index (χ1n) is 4.38. The van der Waals surface area contributed by atoms with Crippen LogP contribution < -0.4 is 0 Å². The van der Waals surface area contributed by atoms with Crippen LogP contribution >= 0.6 is 27.7 Å². The first-order valence-corrected chi connectivity index (χ1v) is 5.99. The fourth-order valence-electron chi connectivity index (χ4n) is 1.04. The zero-order valence-corrected chi connectivity index (χ0v) is 10.5. The van der Waals surface area contributed by atoms with E-state index in [2.05, 4.69) is 25.9 Å². The van der Waals surface area contributed by atoms with Crippen LogP contribution in [0.2, 0.25) is 0 Å². The van der Waals surface area contributed by atoms with E-state index in [4.69, 9.17) is 0 Å². The molecule has 0 saturated carbocycles. The third-order valence-corrected chi connectivity index (χ3v) is 3.67. The maximum absolute atomic E-state index is 13.3. The summed E-state index contributed by atoms with van der Waals surface area (Å²) in [6.45, 7) is 0. The van der Waals surface area contributed by atoms with Crippen LogP contribution in [0.1, 0.15) is 0 Å². The first-order chi connectivity index (χ1) is 8.08. The summed E-state index contributed by atoms with van der Waals surface area (Å²) in [6.07, 6.45) is 1.50. The molecule has 0 aliphatic rings. The van der Waals surface area contributed by atoms with E-state index in [0.717, 1.165) is 11.8 Å². The molecule has 0 saturated heterocycles. The molecule has 0 unspecified atom stereocenters. The van der Waals surface area contributed by atoms with Crippen LogP contribution in [0.3, 0.4) is 0 Å². The van der Waals surface area contributed by atoms with E-state index in [1.54, 1.807) is 12.1 Å². The molecule has 0 atom stereocenters. The maximum atomic E-state index is 13.3. The minimum absolute atomic E-state index is 0.261. The lowest BCUT2D eigenvalue weighted by Gasteiger charge is -2.03. The first kappa shape index (κ1) is 12.4. The molecule has 0 spiro atoms. The number of hydrogen-bond acceptors (Lipinski definition) is 3. The average molecular weight is 321 g/mol. The minimum Gasteiger partial charge on any atom is -0.248 e. The molecule has 2 rings (SSSR count). The Kier molecular flexibility index (Phi) is 3.68. The molecule has 2 nitrogen and oxygen atoms in total. The molecule has 0 aliphatic carbocycles. The van der Waals surface area contributed by atoms with Crippen molar-refractivity contribution in [3.63, 3.8) is 0 Å². The fraction of sp³-hybridized carbons (Fsp3) is 0. The standard InChI is InChI=1S/C10H4BrF3N2S/c11-5-2-1-3-15-9(5)17-10-7(13)4-6(12)8(14)16-10/h1-4H. The van der Waals surface area contributed by atoms with Crippen LogP contribution in [-0.2, 0) is 0 Å². The van der Waals surface area contributed by atoms with Gasteiger partial charge in [0.15, 0.2) is 11.6 Å². The lowest BCUT2D eigenvalue weighted by molar-refractivity contribution is 0.448. The predicted molar refractivity (Wildman–Crippen MR) is 60.2 cm³/mol. The van der Waals surface area contributed by atoms with E-state index in [0.29, 0.717) is 15.6 Å². The van der Waals surface area contributed by atoms with Crippen LogP contribution in [0.25, 0.3) is 0 Å². The van der Waals surface area contributed by atoms with Gasteiger partial charge in [-0.1, -0.05) is 0 Å². The number of rotatable bonds is 2. The summed E-state index contributed by atoms with van der Waals surface area (Å²) in [5.41, 5.74) is 0. The molecule has 0 fully saturated rings. The van der Waals surface area contributed by atoms with Crippen molar-refractivity contribution in [2.45, 2.75) is 10.1 Å². The highest BCUT2D eigenvalue weighted by Crippen LogP contribution is 2.32. The Morgan fingerprint density at radius 3 is 2.59 bits per heavy atom. The second-order valence-corrected chi connectivity index (χ2v) is 4.77. The number of pyridine rings is 2. The van der Waals surface area contributed by atoms with Crippen LogP contribution in [-0.4, -0.2) is 9.97 Å². The predicted octanol–water partition coefficient (Wildman–Crippen LogP) is 3.81. The van der Waals surface area contributed by atoms with Crippen molar-refractivity contribution in [1.29, 1.82) is 0 Å². The van der Waals surface area contributed by atoms with Gasteiger partial charge in [0.2, 0.25) is 5.95 Å². The second-order valence-electron chi connectivity index (χ2n) is 2.94. The third-order valence-electron chi connectivity index (χ3n) is 1.77. The lowest BCUT2D eigenvalue weighted by Crippen LogP contribution is -1.96. The Morgan fingerprint density at radius 2 is 1.88 bits per heavy atom. The van der Waals surface area contributed by atoms with E-state index >= 15 is 0 Å². The number of halogens is 4. The van der Waals surface area contributed by atoms with E-state index in [1.807, 2.05) is 0 Å². The molecule has 2 aromatic heterocycles. The molecule has 0 radical (unpaired) electrons. The Bertz CT molecular complexity index is 565. The van der Waals surface area contributed by atoms with Gasteiger partial charge < -0.3 is 0 Å². The summed E-state index contributed by atoms with van der Waals surface area (Å²) < 4.78 is 39.5. The van der Waals surface area contributed by atoms with Crippen molar-refractivity contribution in [1.82, 2.24) is 9.97 Å². The van der Waals surface area contributed by atoms with Crippen molar-refractivity contribution in [2.75, 3.05) is 0 Å². The summed E-state index contributed by atoms with van der Waals surface area (Å²) >= 11 is 4.02. The molecule has 0 aliphatic heterocycles. The molecule has 0 amide bonds. The van der Waals surface area contributed by atoms with Gasteiger partial charge in [-0.3, -0.25) is 0 Å². The van der Waals surface area contributed by atoms with Crippen molar-refractivity contribution in [3.05, 3.63) is 46.5 Å². The van der Waals surface area contributed by atoms with Gasteiger partial charge in [-0.25, -0.2) is 18.7 Å². The SMILES string of the molecule is Fc1cc(F)c(Sc2ncccc2Br)nc1F. The zero-order valence-electron chi connectivity index (χ0n) is 8.12. The number of nitrogens with zero attached hydrogens (tertiary/aromatic N) is 2. The summed E-state index contributed by atoms with van der Waals surface area (Å²) in [4.78, 5) is 7.15. The van der Waals surface area contributed by atoms with Gasteiger partial charge in [-0.05, 0) is 39.8 Å². The molecule has 0 bridgehead atoms. The smallest absolute Gasteiger partial charge is 0.248 e. The minimum atomic E-state index is -1.33. The summed E-state index contributed by atoms with van der Waals surface area (Å²) in [5, 5.41) is 0.160. The van der Waals surface area contributed by atoms with Gasteiger partial charge in [0, 0.05) is 12.3 Å². The third kappa shape index (κ3) is 2.78. The van der Waals surface area contributed by atoms with Crippen LogP contribution in [0.15, 0.2) is 38.9 Å². The largest absolute Gasteiger partial charge is 0.250 e. The van der Waals surface area contributed by atoms with Crippen LogP contribution in [0.5, 0.6) is 0 Å². The molecular weight excluding hydrogens is 317 g/mol. The maximum Gasteiger partial charge on any atom is 0.250 e. The topological polar surface area (TPSA) is 25.8 Å². The Labute approximate surface area is 107 Å². The highest BCUT2D eigenvalue weighted by molar-refractivity contribution is 9.10.